The second kappa shape index (κ2) is 8.41. The SMILES string of the molecule is COC(=O)C1=C(C)N=C2SC=C(CC(=O)NC(C)C)N2C1c1ccc(Cl)cc1. The molecule has 3 rings (SSSR count). The molecule has 6 nitrogen and oxygen atoms in total. The van der Waals surface area contributed by atoms with E-state index < -0.39 is 12.0 Å². The second-order valence-corrected chi connectivity index (χ2v) is 8.11. The van der Waals surface area contributed by atoms with Crippen molar-refractivity contribution in [2.45, 2.75) is 39.3 Å². The summed E-state index contributed by atoms with van der Waals surface area (Å²) in [7, 11) is 1.35. The molecule has 28 heavy (non-hydrogen) atoms. The fourth-order valence-electron chi connectivity index (χ4n) is 3.24. The number of benzene rings is 1. The van der Waals surface area contributed by atoms with Crippen LogP contribution in [0.5, 0.6) is 0 Å². The molecule has 1 aromatic carbocycles. The van der Waals surface area contributed by atoms with Crippen LogP contribution in [-0.2, 0) is 14.3 Å². The first kappa shape index (κ1) is 20.5. The molecule has 2 aliphatic rings. The molecule has 2 aliphatic heterocycles. The Morgan fingerprint density at radius 1 is 1.32 bits per heavy atom. The summed E-state index contributed by atoms with van der Waals surface area (Å²) in [6, 6.07) is 6.93. The molecule has 0 aliphatic carbocycles. The van der Waals surface area contributed by atoms with Gasteiger partial charge < -0.3 is 15.0 Å². The molecular formula is C20H22ClN3O3S. The van der Waals surface area contributed by atoms with Crippen molar-refractivity contribution in [3.63, 3.8) is 0 Å². The normalized spacial score (nSPS) is 18.6. The van der Waals surface area contributed by atoms with Gasteiger partial charge in [-0.3, -0.25) is 4.79 Å². The maximum atomic E-state index is 12.6. The Hall–Kier alpha value is -2.25. The highest BCUT2D eigenvalue weighted by Gasteiger charge is 2.40. The lowest BCUT2D eigenvalue weighted by atomic mass is 9.94. The number of amides is 1. The molecule has 0 aromatic heterocycles. The predicted molar refractivity (Wildman–Crippen MR) is 112 cm³/mol. The lowest BCUT2D eigenvalue weighted by Crippen LogP contribution is -2.38. The molecule has 0 saturated heterocycles. The van der Waals surface area contributed by atoms with E-state index in [9.17, 15) is 9.59 Å². The summed E-state index contributed by atoms with van der Waals surface area (Å²) >= 11 is 7.50. The van der Waals surface area contributed by atoms with Gasteiger partial charge in [0.2, 0.25) is 5.91 Å². The smallest absolute Gasteiger partial charge is 0.338 e. The molecule has 1 amide bonds. The highest BCUT2D eigenvalue weighted by Crippen LogP contribution is 2.44. The summed E-state index contributed by atoms with van der Waals surface area (Å²) in [5.74, 6) is -0.521. The summed E-state index contributed by atoms with van der Waals surface area (Å²) in [6.07, 6.45) is 0.196. The van der Waals surface area contributed by atoms with Gasteiger partial charge in [-0.15, -0.1) is 0 Å². The molecule has 1 atom stereocenters. The van der Waals surface area contributed by atoms with E-state index in [4.69, 9.17) is 16.3 Å². The van der Waals surface area contributed by atoms with Gasteiger partial charge in [-0.25, -0.2) is 9.79 Å². The molecule has 1 aromatic rings. The van der Waals surface area contributed by atoms with E-state index in [1.54, 1.807) is 19.1 Å². The van der Waals surface area contributed by atoms with Crippen molar-refractivity contribution in [3.8, 4) is 0 Å². The number of amidine groups is 1. The molecule has 0 fully saturated rings. The van der Waals surface area contributed by atoms with Crippen LogP contribution < -0.4 is 5.32 Å². The third-order valence-electron chi connectivity index (χ3n) is 4.38. The highest BCUT2D eigenvalue weighted by atomic mass is 35.5. The van der Waals surface area contributed by atoms with Gasteiger partial charge in [-0.1, -0.05) is 35.5 Å². The van der Waals surface area contributed by atoms with Crippen LogP contribution in [0.1, 0.15) is 38.8 Å². The van der Waals surface area contributed by atoms with E-state index in [1.165, 1.54) is 18.9 Å². The first-order valence-electron chi connectivity index (χ1n) is 8.89. The van der Waals surface area contributed by atoms with E-state index in [0.717, 1.165) is 16.4 Å². The Balaban J connectivity index is 2.03. The number of ether oxygens (including phenoxy) is 1. The number of aliphatic imine (C=N–C) groups is 1. The topological polar surface area (TPSA) is 71.0 Å². The van der Waals surface area contributed by atoms with Gasteiger partial charge >= 0.3 is 5.97 Å². The molecule has 0 saturated carbocycles. The maximum absolute atomic E-state index is 12.6. The fraction of sp³-hybridized carbons (Fsp3) is 0.350. The summed E-state index contributed by atoms with van der Waals surface area (Å²) < 4.78 is 5.03. The van der Waals surface area contributed by atoms with Crippen molar-refractivity contribution >= 4 is 40.4 Å². The van der Waals surface area contributed by atoms with Gasteiger partial charge in [-0.05, 0) is 43.9 Å². The zero-order valence-corrected chi connectivity index (χ0v) is 17.7. The van der Waals surface area contributed by atoms with Crippen molar-refractivity contribution in [1.29, 1.82) is 0 Å². The minimum absolute atomic E-state index is 0.0523. The van der Waals surface area contributed by atoms with Crippen LogP contribution in [0.4, 0.5) is 0 Å². The fourth-order valence-corrected chi connectivity index (χ4v) is 4.33. The van der Waals surface area contributed by atoms with E-state index >= 15 is 0 Å². The van der Waals surface area contributed by atoms with Gasteiger partial charge in [0.25, 0.3) is 0 Å². The van der Waals surface area contributed by atoms with Crippen molar-refractivity contribution in [1.82, 2.24) is 10.2 Å². The predicted octanol–water partition coefficient (Wildman–Crippen LogP) is 4.00. The third-order valence-corrected chi connectivity index (χ3v) is 5.52. The third kappa shape index (κ3) is 4.10. The van der Waals surface area contributed by atoms with Gasteiger partial charge in [0.1, 0.15) is 0 Å². The van der Waals surface area contributed by atoms with Gasteiger partial charge in [-0.2, -0.15) is 0 Å². The number of allylic oxidation sites excluding steroid dienone is 1. The van der Waals surface area contributed by atoms with E-state index in [2.05, 4.69) is 10.3 Å². The minimum Gasteiger partial charge on any atom is -0.466 e. The Labute approximate surface area is 173 Å². The second-order valence-electron chi connectivity index (χ2n) is 6.84. The average molecular weight is 420 g/mol. The molecule has 8 heteroatoms. The number of thioether (sulfide) groups is 1. The molecule has 1 N–H and O–H groups in total. The van der Waals surface area contributed by atoms with E-state index in [0.29, 0.717) is 16.3 Å². The zero-order chi connectivity index (χ0) is 20.4. The Bertz CT molecular complexity index is 890. The van der Waals surface area contributed by atoms with Crippen molar-refractivity contribution < 1.29 is 14.3 Å². The number of hydrogen-bond acceptors (Lipinski definition) is 6. The number of carbonyl (C=O) groups is 2. The lowest BCUT2D eigenvalue weighted by molar-refractivity contribution is -0.136. The van der Waals surface area contributed by atoms with Crippen molar-refractivity contribution in [2.75, 3.05) is 7.11 Å². The molecule has 1 unspecified atom stereocenters. The Morgan fingerprint density at radius 2 is 2.00 bits per heavy atom. The quantitative estimate of drug-likeness (QED) is 0.730. The highest BCUT2D eigenvalue weighted by molar-refractivity contribution is 8.16. The number of hydrogen-bond donors (Lipinski definition) is 1. The van der Waals surface area contributed by atoms with Crippen LogP contribution in [-0.4, -0.2) is 35.1 Å². The number of fused-ring (bicyclic) bond motifs is 1. The number of halogens is 1. The molecule has 0 spiro atoms. The number of carbonyl (C=O) groups excluding carboxylic acids is 2. The van der Waals surface area contributed by atoms with Crippen LogP contribution in [0.3, 0.4) is 0 Å². The van der Waals surface area contributed by atoms with Crippen LogP contribution >= 0.6 is 23.4 Å². The summed E-state index contributed by atoms with van der Waals surface area (Å²) in [5.41, 5.74) is 2.71. The first-order valence-corrected chi connectivity index (χ1v) is 10.1. The summed E-state index contributed by atoms with van der Waals surface area (Å²) in [4.78, 5) is 31.5. The zero-order valence-electron chi connectivity index (χ0n) is 16.2. The van der Waals surface area contributed by atoms with E-state index in [-0.39, 0.29) is 18.4 Å². The largest absolute Gasteiger partial charge is 0.466 e. The van der Waals surface area contributed by atoms with Gasteiger partial charge in [0, 0.05) is 16.8 Å². The van der Waals surface area contributed by atoms with Crippen molar-refractivity contribution in [3.05, 3.63) is 57.2 Å². The maximum Gasteiger partial charge on any atom is 0.338 e. The van der Waals surface area contributed by atoms with Crippen molar-refractivity contribution in [2.24, 2.45) is 4.99 Å². The number of rotatable bonds is 5. The Morgan fingerprint density at radius 3 is 2.61 bits per heavy atom. The monoisotopic (exact) mass is 419 g/mol. The lowest BCUT2D eigenvalue weighted by Gasteiger charge is -2.36. The standard InChI is InChI=1S/C20H22ClN3O3S/c1-11(2)22-16(25)9-15-10-28-20-23-12(3)17(19(26)27-4)18(24(15)20)13-5-7-14(21)8-6-13/h5-8,10-11,18H,9H2,1-4H3,(H,22,25). The molecule has 0 radical (unpaired) electrons. The van der Waals surface area contributed by atoms with Crippen LogP contribution in [0.2, 0.25) is 5.02 Å². The minimum atomic E-state index is -0.442. The molecule has 2 heterocycles. The number of esters is 1. The Kier molecular flexibility index (Phi) is 6.15. The van der Waals surface area contributed by atoms with Crippen LogP contribution in [0, 0.1) is 0 Å². The van der Waals surface area contributed by atoms with Gasteiger partial charge in [0.05, 0.1) is 30.8 Å². The number of methoxy groups -OCH3 is 1. The van der Waals surface area contributed by atoms with Crippen LogP contribution in [0.15, 0.2) is 51.6 Å². The molecule has 148 valence electrons. The molecule has 0 bridgehead atoms. The average Bonchev–Trinajstić information content (AvgIpc) is 3.02. The first-order chi connectivity index (χ1) is 13.3. The number of nitrogens with one attached hydrogen (secondary N) is 1. The molecular weight excluding hydrogens is 398 g/mol. The van der Waals surface area contributed by atoms with E-state index in [1.807, 2.05) is 36.3 Å². The summed E-state index contributed by atoms with van der Waals surface area (Å²) in [5, 5.41) is 6.16. The summed E-state index contributed by atoms with van der Waals surface area (Å²) in [6.45, 7) is 5.63. The number of nitrogens with zero attached hydrogens (tertiary/aromatic N) is 2. The van der Waals surface area contributed by atoms with Crippen LogP contribution in [0.25, 0.3) is 0 Å². The van der Waals surface area contributed by atoms with Gasteiger partial charge in [0.15, 0.2) is 5.17 Å².